The van der Waals surface area contributed by atoms with E-state index in [-0.39, 0.29) is 5.91 Å². The molecule has 2 rings (SSSR count). The van der Waals surface area contributed by atoms with Crippen molar-refractivity contribution in [3.63, 3.8) is 0 Å². The van der Waals surface area contributed by atoms with Gasteiger partial charge in [0.2, 0.25) is 0 Å². The average molecular weight is 271 g/mol. The lowest BCUT2D eigenvalue weighted by Gasteiger charge is -2.10. The standard InChI is InChI=1S/C15H17N3O2/c1-2-20-13-6-4-3-5-12(13)15(19)18-14-8-7-11(9-16)10-17-14/h3-8,10H,2,9,16H2,1H3,(H,17,18,19). The van der Waals surface area contributed by atoms with Gasteiger partial charge in [0.05, 0.1) is 12.2 Å². The molecule has 5 nitrogen and oxygen atoms in total. The highest BCUT2D eigenvalue weighted by atomic mass is 16.5. The second-order valence-corrected chi connectivity index (χ2v) is 4.14. The predicted molar refractivity (Wildman–Crippen MR) is 77.7 cm³/mol. The zero-order valence-corrected chi connectivity index (χ0v) is 11.3. The first kappa shape index (κ1) is 14.0. The Kier molecular flexibility index (Phi) is 4.68. The Morgan fingerprint density at radius 2 is 2.10 bits per heavy atom. The van der Waals surface area contributed by atoms with Gasteiger partial charge in [-0.15, -0.1) is 0 Å². The lowest BCUT2D eigenvalue weighted by molar-refractivity contribution is 0.102. The van der Waals surface area contributed by atoms with Crippen LogP contribution in [0.1, 0.15) is 22.8 Å². The summed E-state index contributed by atoms with van der Waals surface area (Å²) in [5, 5.41) is 2.74. The highest BCUT2D eigenvalue weighted by molar-refractivity contribution is 6.05. The van der Waals surface area contributed by atoms with Gasteiger partial charge < -0.3 is 15.8 Å². The number of anilines is 1. The van der Waals surface area contributed by atoms with Crippen molar-refractivity contribution in [2.24, 2.45) is 5.73 Å². The number of hydrogen-bond donors (Lipinski definition) is 2. The first-order chi connectivity index (χ1) is 9.74. The minimum atomic E-state index is -0.248. The molecule has 0 unspecified atom stereocenters. The minimum Gasteiger partial charge on any atom is -0.493 e. The van der Waals surface area contributed by atoms with Gasteiger partial charge in [-0.25, -0.2) is 4.98 Å². The summed E-state index contributed by atoms with van der Waals surface area (Å²) in [5.74, 6) is 0.798. The Morgan fingerprint density at radius 3 is 2.75 bits per heavy atom. The monoisotopic (exact) mass is 271 g/mol. The van der Waals surface area contributed by atoms with E-state index in [0.717, 1.165) is 5.56 Å². The summed E-state index contributed by atoms with van der Waals surface area (Å²) >= 11 is 0. The van der Waals surface area contributed by atoms with Crippen molar-refractivity contribution in [2.75, 3.05) is 11.9 Å². The van der Waals surface area contributed by atoms with Gasteiger partial charge >= 0.3 is 0 Å². The Labute approximate surface area is 117 Å². The lowest BCUT2D eigenvalue weighted by Crippen LogP contribution is -2.14. The summed E-state index contributed by atoms with van der Waals surface area (Å²) in [5.41, 5.74) is 6.90. The zero-order valence-electron chi connectivity index (χ0n) is 11.3. The molecule has 0 atom stereocenters. The van der Waals surface area contributed by atoms with Crippen LogP contribution < -0.4 is 15.8 Å². The summed E-state index contributed by atoms with van der Waals surface area (Å²) in [6.45, 7) is 2.81. The Bertz CT molecular complexity index is 582. The number of benzene rings is 1. The van der Waals surface area contributed by atoms with Gasteiger partial charge in [-0.1, -0.05) is 18.2 Å². The molecule has 0 saturated carbocycles. The zero-order chi connectivity index (χ0) is 14.4. The van der Waals surface area contributed by atoms with E-state index in [1.54, 1.807) is 30.5 Å². The van der Waals surface area contributed by atoms with Crippen LogP contribution in [0.15, 0.2) is 42.6 Å². The molecule has 1 aromatic carbocycles. The van der Waals surface area contributed by atoms with Crippen LogP contribution in [-0.2, 0) is 6.54 Å². The molecule has 0 fully saturated rings. The third kappa shape index (κ3) is 3.33. The van der Waals surface area contributed by atoms with E-state index in [4.69, 9.17) is 10.5 Å². The SMILES string of the molecule is CCOc1ccccc1C(=O)Nc1ccc(CN)cn1. The van der Waals surface area contributed by atoms with Crippen LogP contribution >= 0.6 is 0 Å². The lowest BCUT2D eigenvalue weighted by atomic mass is 10.2. The van der Waals surface area contributed by atoms with E-state index in [0.29, 0.717) is 30.3 Å². The molecule has 5 heteroatoms. The van der Waals surface area contributed by atoms with Crippen molar-refractivity contribution in [1.82, 2.24) is 4.98 Å². The number of nitrogens with two attached hydrogens (primary N) is 1. The number of rotatable bonds is 5. The van der Waals surface area contributed by atoms with Gasteiger partial charge in [0, 0.05) is 12.7 Å². The number of carbonyl (C=O) groups excluding carboxylic acids is 1. The highest BCUT2D eigenvalue weighted by Crippen LogP contribution is 2.19. The van der Waals surface area contributed by atoms with Crippen molar-refractivity contribution in [1.29, 1.82) is 0 Å². The number of aromatic nitrogens is 1. The molecule has 0 aliphatic heterocycles. The van der Waals surface area contributed by atoms with Gasteiger partial charge in [0.15, 0.2) is 0 Å². The van der Waals surface area contributed by atoms with Crippen molar-refractivity contribution in [3.8, 4) is 5.75 Å². The third-order valence-electron chi connectivity index (χ3n) is 2.73. The molecule has 1 heterocycles. The molecule has 1 aromatic heterocycles. The molecular formula is C15H17N3O2. The summed E-state index contributed by atoms with van der Waals surface area (Å²) in [7, 11) is 0. The minimum absolute atomic E-state index is 0.248. The van der Waals surface area contributed by atoms with E-state index in [1.165, 1.54) is 0 Å². The highest BCUT2D eigenvalue weighted by Gasteiger charge is 2.12. The summed E-state index contributed by atoms with van der Waals surface area (Å²) < 4.78 is 5.43. The average Bonchev–Trinajstić information content (AvgIpc) is 2.49. The topological polar surface area (TPSA) is 77.2 Å². The molecular weight excluding hydrogens is 254 g/mol. The van der Waals surface area contributed by atoms with E-state index in [9.17, 15) is 4.79 Å². The van der Waals surface area contributed by atoms with Crippen LogP contribution in [0.4, 0.5) is 5.82 Å². The van der Waals surface area contributed by atoms with E-state index >= 15 is 0 Å². The number of pyridine rings is 1. The molecule has 0 saturated heterocycles. The Balaban J connectivity index is 2.15. The summed E-state index contributed by atoms with van der Waals surface area (Å²) in [6.07, 6.45) is 1.64. The molecule has 2 aromatic rings. The van der Waals surface area contributed by atoms with Crippen molar-refractivity contribution >= 4 is 11.7 Å². The van der Waals surface area contributed by atoms with Crippen LogP contribution in [0.5, 0.6) is 5.75 Å². The molecule has 20 heavy (non-hydrogen) atoms. The van der Waals surface area contributed by atoms with Gasteiger partial charge in [-0.3, -0.25) is 4.79 Å². The molecule has 104 valence electrons. The fourth-order valence-corrected chi connectivity index (χ4v) is 1.74. The molecule has 1 amide bonds. The molecule has 0 bridgehead atoms. The summed E-state index contributed by atoms with van der Waals surface area (Å²) in [4.78, 5) is 16.3. The number of amides is 1. The van der Waals surface area contributed by atoms with Gasteiger partial charge in [-0.2, -0.15) is 0 Å². The predicted octanol–water partition coefficient (Wildman–Crippen LogP) is 2.19. The van der Waals surface area contributed by atoms with Crippen LogP contribution in [0.2, 0.25) is 0 Å². The normalized spacial score (nSPS) is 10.1. The first-order valence-corrected chi connectivity index (χ1v) is 6.42. The Hall–Kier alpha value is -2.40. The number of nitrogens with one attached hydrogen (secondary N) is 1. The smallest absolute Gasteiger partial charge is 0.260 e. The van der Waals surface area contributed by atoms with Gasteiger partial charge in [0.1, 0.15) is 11.6 Å². The van der Waals surface area contributed by atoms with Gasteiger partial charge in [-0.05, 0) is 30.7 Å². The van der Waals surface area contributed by atoms with Crippen molar-refractivity contribution < 1.29 is 9.53 Å². The van der Waals surface area contributed by atoms with Crippen LogP contribution in [0.25, 0.3) is 0 Å². The second-order valence-electron chi connectivity index (χ2n) is 4.14. The number of nitrogens with zero attached hydrogens (tertiary/aromatic N) is 1. The maximum absolute atomic E-state index is 12.2. The quantitative estimate of drug-likeness (QED) is 0.874. The van der Waals surface area contributed by atoms with Crippen molar-refractivity contribution in [2.45, 2.75) is 13.5 Å². The fraction of sp³-hybridized carbons (Fsp3) is 0.200. The van der Waals surface area contributed by atoms with Crippen LogP contribution in [0, 0.1) is 0 Å². The van der Waals surface area contributed by atoms with Crippen LogP contribution in [0.3, 0.4) is 0 Å². The molecule has 0 radical (unpaired) electrons. The van der Waals surface area contributed by atoms with Crippen LogP contribution in [-0.4, -0.2) is 17.5 Å². The van der Waals surface area contributed by atoms with E-state index in [2.05, 4.69) is 10.3 Å². The van der Waals surface area contributed by atoms with Gasteiger partial charge in [0.25, 0.3) is 5.91 Å². The second kappa shape index (κ2) is 6.68. The van der Waals surface area contributed by atoms with E-state index in [1.807, 2.05) is 19.1 Å². The fourth-order valence-electron chi connectivity index (χ4n) is 1.74. The first-order valence-electron chi connectivity index (χ1n) is 6.42. The molecule has 0 spiro atoms. The number of ether oxygens (including phenoxy) is 1. The third-order valence-corrected chi connectivity index (χ3v) is 2.73. The van der Waals surface area contributed by atoms with Crippen molar-refractivity contribution in [3.05, 3.63) is 53.7 Å². The maximum Gasteiger partial charge on any atom is 0.260 e. The number of hydrogen-bond acceptors (Lipinski definition) is 4. The number of carbonyl (C=O) groups is 1. The largest absolute Gasteiger partial charge is 0.493 e. The Morgan fingerprint density at radius 1 is 1.30 bits per heavy atom. The molecule has 3 N–H and O–H groups in total. The number of para-hydroxylation sites is 1. The molecule has 0 aliphatic carbocycles. The molecule has 0 aliphatic rings. The maximum atomic E-state index is 12.2. The van der Waals surface area contributed by atoms with E-state index < -0.39 is 0 Å². The summed E-state index contributed by atoms with van der Waals surface area (Å²) in [6, 6.07) is 10.7.